The lowest BCUT2D eigenvalue weighted by Crippen LogP contribution is -2.13. The number of rotatable bonds is 4. The molecule has 1 amide bonds. The maximum atomic E-state index is 13.0. The molecule has 1 N–H and O–H groups in total. The Morgan fingerprint density at radius 3 is 2.63 bits per heavy atom. The van der Waals surface area contributed by atoms with Crippen molar-refractivity contribution in [1.29, 1.82) is 0 Å². The molecular formula is C24H18N2O4. The van der Waals surface area contributed by atoms with Crippen LogP contribution in [-0.4, -0.2) is 17.7 Å². The number of nitrogens with one attached hydrogen (secondary N) is 1. The minimum Gasteiger partial charge on any atom is -0.454 e. The fourth-order valence-electron chi connectivity index (χ4n) is 3.29. The van der Waals surface area contributed by atoms with Gasteiger partial charge >= 0.3 is 0 Å². The molecule has 0 saturated carbocycles. The van der Waals surface area contributed by atoms with Crippen LogP contribution >= 0.6 is 0 Å². The number of benzene rings is 3. The summed E-state index contributed by atoms with van der Waals surface area (Å²) in [5.41, 5.74) is 3.80. The standard InChI is InChI=1S/C24H18N2O4/c1-15-6-8-16(9-7-15)22-13-25-24(30-22)19-5-3-2-4-18(19)23(27)26-17-10-11-20-21(12-17)29-14-28-20/h2-13H,14H2,1H3,(H,26,27). The quantitative estimate of drug-likeness (QED) is 0.505. The third kappa shape index (κ3) is 3.39. The van der Waals surface area contributed by atoms with Crippen molar-refractivity contribution in [1.82, 2.24) is 4.98 Å². The number of hydrogen-bond donors (Lipinski definition) is 1. The highest BCUT2D eigenvalue weighted by Gasteiger charge is 2.19. The average Bonchev–Trinajstić information content (AvgIpc) is 3.44. The van der Waals surface area contributed by atoms with E-state index in [1.54, 1.807) is 30.5 Å². The molecule has 30 heavy (non-hydrogen) atoms. The average molecular weight is 398 g/mol. The van der Waals surface area contributed by atoms with Gasteiger partial charge in [-0.1, -0.05) is 42.0 Å². The molecule has 0 atom stereocenters. The van der Waals surface area contributed by atoms with Gasteiger partial charge in [0, 0.05) is 22.9 Å². The van der Waals surface area contributed by atoms with E-state index in [0.29, 0.717) is 40.0 Å². The summed E-state index contributed by atoms with van der Waals surface area (Å²) >= 11 is 0. The topological polar surface area (TPSA) is 73.6 Å². The van der Waals surface area contributed by atoms with Crippen molar-refractivity contribution in [2.24, 2.45) is 0 Å². The predicted molar refractivity (Wildman–Crippen MR) is 113 cm³/mol. The molecule has 5 rings (SSSR count). The Morgan fingerprint density at radius 2 is 1.77 bits per heavy atom. The minimum absolute atomic E-state index is 0.184. The molecule has 2 heterocycles. The molecule has 6 nitrogen and oxygen atoms in total. The molecule has 0 unspecified atom stereocenters. The van der Waals surface area contributed by atoms with Gasteiger partial charge in [-0.3, -0.25) is 4.79 Å². The van der Waals surface area contributed by atoms with Gasteiger partial charge in [0.2, 0.25) is 12.7 Å². The highest BCUT2D eigenvalue weighted by atomic mass is 16.7. The SMILES string of the molecule is Cc1ccc(-c2cnc(-c3ccccc3C(=O)Nc3ccc4c(c3)OCO4)o2)cc1. The molecule has 6 heteroatoms. The van der Waals surface area contributed by atoms with Gasteiger partial charge in [0.05, 0.1) is 11.8 Å². The maximum absolute atomic E-state index is 13.0. The van der Waals surface area contributed by atoms with Crippen LogP contribution in [0.3, 0.4) is 0 Å². The number of carbonyl (C=O) groups excluding carboxylic acids is 1. The van der Waals surface area contributed by atoms with Gasteiger partial charge in [0.15, 0.2) is 17.3 Å². The van der Waals surface area contributed by atoms with E-state index in [0.717, 1.165) is 5.56 Å². The number of nitrogens with zero attached hydrogens (tertiary/aromatic N) is 1. The number of oxazole rings is 1. The lowest BCUT2D eigenvalue weighted by Gasteiger charge is -2.09. The zero-order valence-electron chi connectivity index (χ0n) is 16.2. The van der Waals surface area contributed by atoms with Crippen LogP contribution in [0.2, 0.25) is 0 Å². The monoisotopic (exact) mass is 398 g/mol. The number of amides is 1. The van der Waals surface area contributed by atoms with E-state index in [1.807, 2.05) is 49.4 Å². The second-order valence-electron chi connectivity index (χ2n) is 6.96. The molecule has 0 aliphatic carbocycles. The van der Waals surface area contributed by atoms with E-state index in [1.165, 1.54) is 5.56 Å². The Bertz CT molecular complexity index is 1230. The van der Waals surface area contributed by atoms with Crippen molar-refractivity contribution in [3.05, 3.63) is 84.1 Å². The first-order chi connectivity index (χ1) is 14.7. The Hall–Kier alpha value is -4.06. The van der Waals surface area contributed by atoms with Gasteiger partial charge < -0.3 is 19.2 Å². The van der Waals surface area contributed by atoms with E-state index >= 15 is 0 Å². The van der Waals surface area contributed by atoms with Crippen molar-refractivity contribution >= 4 is 11.6 Å². The predicted octanol–water partition coefficient (Wildman–Crippen LogP) is 5.30. The minimum atomic E-state index is -0.264. The summed E-state index contributed by atoms with van der Waals surface area (Å²) in [5.74, 6) is 2.05. The molecule has 0 fully saturated rings. The van der Waals surface area contributed by atoms with Crippen molar-refractivity contribution in [2.75, 3.05) is 12.1 Å². The van der Waals surface area contributed by atoms with Gasteiger partial charge in [-0.15, -0.1) is 0 Å². The summed E-state index contributed by atoms with van der Waals surface area (Å²) in [4.78, 5) is 17.4. The summed E-state index contributed by atoms with van der Waals surface area (Å²) < 4.78 is 16.7. The van der Waals surface area contributed by atoms with Crippen molar-refractivity contribution in [2.45, 2.75) is 6.92 Å². The van der Waals surface area contributed by atoms with E-state index in [2.05, 4.69) is 10.3 Å². The normalized spacial score (nSPS) is 12.0. The highest BCUT2D eigenvalue weighted by Crippen LogP contribution is 2.35. The van der Waals surface area contributed by atoms with Gasteiger partial charge in [-0.2, -0.15) is 0 Å². The van der Waals surface area contributed by atoms with Crippen LogP contribution in [0.4, 0.5) is 5.69 Å². The molecule has 4 aromatic rings. The number of anilines is 1. The largest absolute Gasteiger partial charge is 0.454 e. The van der Waals surface area contributed by atoms with E-state index in [9.17, 15) is 4.79 Å². The third-order valence-corrected chi connectivity index (χ3v) is 4.87. The fraction of sp³-hybridized carbons (Fsp3) is 0.0833. The Balaban J connectivity index is 1.43. The van der Waals surface area contributed by atoms with Crippen LogP contribution in [0.1, 0.15) is 15.9 Å². The van der Waals surface area contributed by atoms with Gasteiger partial charge in [0.25, 0.3) is 5.91 Å². The van der Waals surface area contributed by atoms with Gasteiger partial charge in [-0.25, -0.2) is 4.98 Å². The van der Waals surface area contributed by atoms with Crippen molar-refractivity contribution < 1.29 is 18.7 Å². The van der Waals surface area contributed by atoms with Crippen LogP contribution in [0.5, 0.6) is 11.5 Å². The number of carbonyl (C=O) groups is 1. The molecule has 0 saturated heterocycles. The van der Waals surface area contributed by atoms with Crippen LogP contribution in [-0.2, 0) is 0 Å². The Labute approximate surface area is 173 Å². The molecule has 3 aromatic carbocycles. The van der Waals surface area contributed by atoms with E-state index < -0.39 is 0 Å². The summed E-state index contributed by atoms with van der Waals surface area (Å²) in [6, 6.07) is 20.5. The first kappa shape index (κ1) is 18.0. The summed E-state index contributed by atoms with van der Waals surface area (Å²) in [5, 5.41) is 2.90. The van der Waals surface area contributed by atoms with Crippen LogP contribution < -0.4 is 14.8 Å². The van der Waals surface area contributed by atoms with Gasteiger partial charge in [0.1, 0.15) is 0 Å². The summed E-state index contributed by atoms with van der Waals surface area (Å²) in [6.45, 7) is 2.22. The zero-order chi connectivity index (χ0) is 20.5. The first-order valence-corrected chi connectivity index (χ1v) is 9.51. The zero-order valence-corrected chi connectivity index (χ0v) is 16.2. The van der Waals surface area contributed by atoms with E-state index in [4.69, 9.17) is 13.9 Å². The second kappa shape index (κ2) is 7.40. The fourth-order valence-corrected chi connectivity index (χ4v) is 3.29. The molecule has 0 radical (unpaired) electrons. The lowest BCUT2D eigenvalue weighted by molar-refractivity contribution is 0.102. The smallest absolute Gasteiger partial charge is 0.256 e. The van der Waals surface area contributed by atoms with Crippen molar-refractivity contribution in [3.63, 3.8) is 0 Å². The lowest BCUT2D eigenvalue weighted by atomic mass is 10.1. The second-order valence-corrected chi connectivity index (χ2v) is 6.96. The molecular weight excluding hydrogens is 380 g/mol. The van der Waals surface area contributed by atoms with Crippen LogP contribution in [0.15, 0.2) is 77.3 Å². The van der Waals surface area contributed by atoms with Crippen LogP contribution in [0.25, 0.3) is 22.8 Å². The van der Waals surface area contributed by atoms with Crippen LogP contribution in [0, 0.1) is 6.92 Å². The summed E-state index contributed by atoms with van der Waals surface area (Å²) in [7, 11) is 0. The number of hydrogen-bond acceptors (Lipinski definition) is 5. The van der Waals surface area contributed by atoms with Gasteiger partial charge in [-0.05, 0) is 31.2 Å². The number of aromatic nitrogens is 1. The number of fused-ring (bicyclic) bond motifs is 1. The molecule has 0 bridgehead atoms. The molecule has 0 spiro atoms. The van der Waals surface area contributed by atoms with E-state index in [-0.39, 0.29) is 12.7 Å². The molecule has 1 aromatic heterocycles. The maximum Gasteiger partial charge on any atom is 0.256 e. The highest BCUT2D eigenvalue weighted by molar-refractivity contribution is 6.08. The molecule has 1 aliphatic rings. The number of aryl methyl sites for hydroxylation is 1. The molecule has 148 valence electrons. The summed E-state index contributed by atoms with van der Waals surface area (Å²) in [6.07, 6.45) is 1.67. The third-order valence-electron chi connectivity index (χ3n) is 4.87. The Kier molecular flexibility index (Phi) is 4.44. The molecule has 1 aliphatic heterocycles. The Morgan fingerprint density at radius 1 is 0.967 bits per heavy atom. The number of ether oxygens (including phenoxy) is 2. The van der Waals surface area contributed by atoms with Crippen molar-refractivity contribution in [3.8, 4) is 34.3 Å². The first-order valence-electron chi connectivity index (χ1n) is 9.51.